The molecule has 3 N–H and O–H groups in total. The number of halogens is 1. The van der Waals surface area contributed by atoms with E-state index in [1.54, 1.807) is 24.3 Å². The lowest BCUT2D eigenvalue weighted by molar-refractivity contribution is -0.119. The van der Waals surface area contributed by atoms with Gasteiger partial charge in [0.15, 0.2) is 0 Å². The Hall–Kier alpha value is -2.85. The van der Waals surface area contributed by atoms with Gasteiger partial charge in [-0.25, -0.2) is 0 Å². The zero-order chi connectivity index (χ0) is 17.8. The Bertz CT molecular complexity index is 940. The molecule has 3 rings (SSSR count). The highest BCUT2D eigenvalue weighted by Crippen LogP contribution is 2.18. The van der Waals surface area contributed by atoms with Gasteiger partial charge in [0.2, 0.25) is 5.91 Å². The van der Waals surface area contributed by atoms with E-state index in [0.29, 0.717) is 17.0 Å². The van der Waals surface area contributed by atoms with Crippen molar-refractivity contribution in [1.82, 2.24) is 5.32 Å². The number of primary amides is 1. The smallest absolute Gasteiger partial charge is 0.253 e. The SMILES string of the molecule is NC(=O)[C@@H](Cc1ccc2ccccc2c1)NC(=O)c1ccccc1Cl. The topological polar surface area (TPSA) is 72.2 Å². The summed E-state index contributed by atoms with van der Waals surface area (Å²) in [4.78, 5) is 24.2. The molecule has 3 aromatic carbocycles. The molecule has 2 amide bonds. The molecule has 0 fully saturated rings. The van der Waals surface area contributed by atoms with Crippen LogP contribution >= 0.6 is 11.6 Å². The molecule has 0 bridgehead atoms. The Balaban J connectivity index is 1.80. The molecule has 0 heterocycles. The zero-order valence-corrected chi connectivity index (χ0v) is 14.2. The third-order valence-electron chi connectivity index (χ3n) is 4.02. The number of nitrogens with one attached hydrogen (secondary N) is 1. The summed E-state index contributed by atoms with van der Waals surface area (Å²) in [5.41, 5.74) is 6.71. The van der Waals surface area contributed by atoms with Crippen molar-refractivity contribution in [2.75, 3.05) is 0 Å². The summed E-state index contributed by atoms with van der Waals surface area (Å²) in [5, 5.41) is 5.18. The average molecular weight is 353 g/mol. The van der Waals surface area contributed by atoms with Crippen LogP contribution in [0.2, 0.25) is 5.02 Å². The number of nitrogens with two attached hydrogens (primary N) is 1. The van der Waals surface area contributed by atoms with Crippen molar-refractivity contribution in [3.63, 3.8) is 0 Å². The molecule has 0 saturated heterocycles. The number of amides is 2. The van der Waals surface area contributed by atoms with Gasteiger partial charge in [0, 0.05) is 6.42 Å². The molecule has 0 aliphatic heterocycles. The van der Waals surface area contributed by atoms with Gasteiger partial charge in [-0.05, 0) is 28.5 Å². The summed E-state index contributed by atoms with van der Waals surface area (Å²) in [5.74, 6) is -1.01. The first-order valence-electron chi connectivity index (χ1n) is 7.87. The molecular weight excluding hydrogens is 336 g/mol. The monoisotopic (exact) mass is 352 g/mol. The Labute approximate surface area is 150 Å². The maximum atomic E-state index is 12.4. The van der Waals surface area contributed by atoms with Crippen molar-refractivity contribution >= 4 is 34.2 Å². The van der Waals surface area contributed by atoms with Gasteiger partial charge < -0.3 is 11.1 Å². The van der Waals surface area contributed by atoms with E-state index in [1.165, 1.54) is 0 Å². The molecule has 0 spiro atoms. The van der Waals surface area contributed by atoms with Gasteiger partial charge in [0.05, 0.1) is 10.6 Å². The molecule has 25 heavy (non-hydrogen) atoms. The molecule has 126 valence electrons. The van der Waals surface area contributed by atoms with Crippen molar-refractivity contribution in [2.45, 2.75) is 12.5 Å². The summed E-state index contributed by atoms with van der Waals surface area (Å²) < 4.78 is 0. The summed E-state index contributed by atoms with van der Waals surface area (Å²) in [6.45, 7) is 0. The third kappa shape index (κ3) is 3.98. The molecule has 4 nitrogen and oxygen atoms in total. The Morgan fingerprint density at radius 3 is 2.36 bits per heavy atom. The molecule has 0 aromatic heterocycles. The molecule has 0 radical (unpaired) electrons. The lowest BCUT2D eigenvalue weighted by Gasteiger charge is -2.16. The van der Waals surface area contributed by atoms with Crippen LogP contribution < -0.4 is 11.1 Å². The first-order valence-corrected chi connectivity index (χ1v) is 8.25. The molecule has 3 aromatic rings. The normalized spacial score (nSPS) is 11.9. The minimum absolute atomic E-state index is 0.314. The Kier molecular flexibility index (Phi) is 5.00. The number of hydrogen-bond acceptors (Lipinski definition) is 2. The minimum Gasteiger partial charge on any atom is -0.368 e. The number of fused-ring (bicyclic) bond motifs is 1. The maximum Gasteiger partial charge on any atom is 0.253 e. The van der Waals surface area contributed by atoms with Gasteiger partial charge in [-0.1, -0.05) is 66.2 Å². The second kappa shape index (κ2) is 7.36. The van der Waals surface area contributed by atoms with Crippen molar-refractivity contribution < 1.29 is 9.59 Å². The van der Waals surface area contributed by atoms with Crippen LogP contribution in [0, 0.1) is 0 Å². The quantitative estimate of drug-likeness (QED) is 0.739. The molecule has 0 aliphatic rings. The Morgan fingerprint density at radius 1 is 0.960 bits per heavy atom. The van der Waals surface area contributed by atoms with E-state index in [0.717, 1.165) is 16.3 Å². The second-order valence-electron chi connectivity index (χ2n) is 5.79. The highest BCUT2D eigenvalue weighted by atomic mass is 35.5. The zero-order valence-electron chi connectivity index (χ0n) is 13.4. The third-order valence-corrected chi connectivity index (χ3v) is 4.35. The van der Waals surface area contributed by atoms with Crippen molar-refractivity contribution in [3.05, 3.63) is 82.9 Å². The van der Waals surface area contributed by atoms with Gasteiger partial charge in [0.1, 0.15) is 6.04 Å². The van der Waals surface area contributed by atoms with Gasteiger partial charge >= 0.3 is 0 Å². The molecule has 1 atom stereocenters. The standard InChI is InChI=1S/C20H17ClN2O2/c21-17-8-4-3-7-16(17)20(25)23-18(19(22)24)12-13-9-10-14-5-1-2-6-15(14)11-13/h1-11,18H,12H2,(H2,22,24)(H,23,25)/t18-/m1/s1. The summed E-state index contributed by atoms with van der Waals surface area (Å²) >= 11 is 6.03. The average Bonchev–Trinajstić information content (AvgIpc) is 2.61. The predicted octanol–water partition coefficient (Wildman–Crippen LogP) is 3.32. The van der Waals surface area contributed by atoms with Crippen LogP contribution in [0.25, 0.3) is 10.8 Å². The van der Waals surface area contributed by atoms with Gasteiger partial charge in [0.25, 0.3) is 5.91 Å². The molecule has 0 aliphatic carbocycles. The van der Waals surface area contributed by atoms with Crippen LogP contribution in [-0.4, -0.2) is 17.9 Å². The van der Waals surface area contributed by atoms with Crippen LogP contribution in [0.15, 0.2) is 66.7 Å². The lowest BCUT2D eigenvalue weighted by Crippen LogP contribution is -2.45. The van der Waals surface area contributed by atoms with Gasteiger partial charge in [-0.3, -0.25) is 9.59 Å². The van der Waals surface area contributed by atoms with E-state index in [2.05, 4.69) is 5.32 Å². The van der Waals surface area contributed by atoms with Crippen LogP contribution in [-0.2, 0) is 11.2 Å². The summed E-state index contributed by atoms with van der Waals surface area (Å²) in [7, 11) is 0. The van der Waals surface area contributed by atoms with Crippen molar-refractivity contribution in [2.24, 2.45) is 5.73 Å². The lowest BCUT2D eigenvalue weighted by atomic mass is 10.0. The fourth-order valence-electron chi connectivity index (χ4n) is 2.71. The number of carbonyl (C=O) groups is 2. The van der Waals surface area contributed by atoms with Crippen molar-refractivity contribution in [3.8, 4) is 0 Å². The van der Waals surface area contributed by atoms with E-state index >= 15 is 0 Å². The fraction of sp³-hybridized carbons (Fsp3) is 0.100. The van der Waals surface area contributed by atoms with E-state index in [1.807, 2.05) is 42.5 Å². The Morgan fingerprint density at radius 2 is 1.64 bits per heavy atom. The van der Waals surface area contributed by atoms with Crippen LogP contribution in [0.5, 0.6) is 0 Å². The number of rotatable bonds is 5. The first kappa shape index (κ1) is 17.0. The predicted molar refractivity (Wildman–Crippen MR) is 99.6 cm³/mol. The van der Waals surface area contributed by atoms with Crippen LogP contribution in [0.3, 0.4) is 0 Å². The largest absolute Gasteiger partial charge is 0.368 e. The summed E-state index contributed by atoms with van der Waals surface area (Å²) in [6.07, 6.45) is 0.316. The molecule has 0 saturated carbocycles. The van der Waals surface area contributed by atoms with E-state index in [4.69, 9.17) is 17.3 Å². The second-order valence-corrected chi connectivity index (χ2v) is 6.20. The van der Waals surface area contributed by atoms with Crippen LogP contribution in [0.1, 0.15) is 15.9 Å². The van der Waals surface area contributed by atoms with Gasteiger partial charge in [-0.15, -0.1) is 0 Å². The highest BCUT2D eigenvalue weighted by molar-refractivity contribution is 6.33. The van der Waals surface area contributed by atoms with Gasteiger partial charge in [-0.2, -0.15) is 0 Å². The highest BCUT2D eigenvalue weighted by Gasteiger charge is 2.20. The number of hydrogen-bond donors (Lipinski definition) is 2. The maximum absolute atomic E-state index is 12.4. The summed E-state index contributed by atoms with van der Waals surface area (Å²) in [6, 6.07) is 19.7. The van der Waals surface area contributed by atoms with Crippen LogP contribution in [0.4, 0.5) is 0 Å². The minimum atomic E-state index is -0.815. The molecular formula is C20H17ClN2O2. The first-order chi connectivity index (χ1) is 12.0. The van der Waals surface area contributed by atoms with E-state index in [-0.39, 0.29) is 0 Å². The molecule has 0 unspecified atom stereocenters. The number of benzene rings is 3. The van der Waals surface area contributed by atoms with E-state index < -0.39 is 17.9 Å². The number of carbonyl (C=O) groups excluding carboxylic acids is 2. The fourth-order valence-corrected chi connectivity index (χ4v) is 2.93. The van der Waals surface area contributed by atoms with Crippen molar-refractivity contribution in [1.29, 1.82) is 0 Å². The molecule has 5 heteroatoms. The van der Waals surface area contributed by atoms with E-state index in [9.17, 15) is 9.59 Å².